The Morgan fingerprint density at radius 2 is 2.36 bits per heavy atom. The molecule has 3 rings (SSSR count). The molecule has 7 heteroatoms. The maximum atomic E-state index is 11.5. The third-order valence-electron chi connectivity index (χ3n) is 3.88. The number of nitrogens with zero attached hydrogens (tertiary/aromatic N) is 3. The zero-order valence-electron chi connectivity index (χ0n) is 12.5. The van der Waals surface area contributed by atoms with Crippen LogP contribution in [0.5, 0.6) is 5.88 Å². The van der Waals surface area contributed by atoms with Gasteiger partial charge in [0.05, 0.1) is 12.8 Å². The van der Waals surface area contributed by atoms with Crippen molar-refractivity contribution in [2.75, 3.05) is 25.9 Å². The Bertz CT molecular complexity index is 698. The van der Waals surface area contributed by atoms with Crippen LogP contribution in [0, 0.1) is 0 Å². The van der Waals surface area contributed by atoms with Gasteiger partial charge in [-0.2, -0.15) is 0 Å². The van der Waals surface area contributed by atoms with E-state index in [2.05, 4.69) is 19.9 Å². The highest BCUT2D eigenvalue weighted by atomic mass is 16.5. The summed E-state index contributed by atoms with van der Waals surface area (Å²) in [5, 5.41) is 0. The summed E-state index contributed by atoms with van der Waals surface area (Å²) in [7, 11) is 1.60. The van der Waals surface area contributed by atoms with Gasteiger partial charge in [-0.25, -0.2) is 9.97 Å². The van der Waals surface area contributed by atoms with Crippen LogP contribution >= 0.6 is 0 Å². The van der Waals surface area contributed by atoms with E-state index in [-0.39, 0.29) is 17.4 Å². The maximum Gasteiger partial charge on any atom is 0.252 e. The van der Waals surface area contributed by atoms with Crippen LogP contribution in [-0.4, -0.2) is 40.1 Å². The number of rotatable bonds is 4. The molecule has 7 nitrogen and oxygen atoms in total. The summed E-state index contributed by atoms with van der Waals surface area (Å²) in [6.07, 6.45) is 2.80. The average molecular weight is 301 g/mol. The molecule has 0 saturated carbocycles. The second-order valence-corrected chi connectivity index (χ2v) is 5.49. The largest absolute Gasteiger partial charge is 0.481 e. The number of nitrogens with two attached hydrogens (primary N) is 1. The number of likely N-dealkylation sites (tertiary alicyclic amines) is 1. The first-order chi connectivity index (χ1) is 10.6. The molecule has 0 bridgehead atoms. The van der Waals surface area contributed by atoms with E-state index in [0.29, 0.717) is 5.88 Å². The molecule has 0 radical (unpaired) electrons. The van der Waals surface area contributed by atoms with Crippen molar-refractivity contribution in [3.63, 3.8) is 0 Å². The lowest BCUT2D eigenvalue weighted by Gasteiger charge is -2.16. The van der Waals surface area contributed by atoms with Crippen LogP contribution < -0.4 is 16.0 Å². The van der Waals surface area contributed by atoms with E-state index < -0.39 is 0 Å². The molecule has 2 aromatic heterocycles. The molecule has 22 heavy (non-hydrogen) atoms. The number of aromatic amines is 1. The van der Waals surface area contributed by atoms with E-state index in [1.165, 1.54) is 0 Å². The summed E-state index contributed by atoms with van der Waals surface area (Å²) in [6, 6.07) is 5.42. The molecule has 0 aliphatic carbocycles. The van der Waals surface area contributed by atoms with Crippen molar-refractivity contribution in [3.8, 4) is 5.88 Å². The molecule has 0 aromatic carbocycles. The molecule has 2 aromatic rings. The second kappa shape index (κ2) is 6.15. The van der Waals surface area contributed by atoms with Crippen molar-refractivity contribution in [2.24, 2.45) is 0 Å². The average Bonchev–Trinajstić information content (AvgIpc) is 2.96. The Morgan fingerprint density at radius 3 is 3.05 bits per heavy atom. The molecule has 3 N–H and O–H groups in total. The number of aromatic nitrogens is 3. The number of methoxy groups -OCH3 is 1. The van der Waals surface area contributed by atoms with Crippen molar-refractivity contribution in [3.05, 3.63) is 46.0 Å². The van der Waals surface area contributed by atoms with Crippen molar-refractivity contribution >= 4 is 5.95 Å². The van der Waals surface area contributed by atoms with E-state index in [4.69, 9.17) is 10.5 Å². The third-order valence-corrected chi connectivity index (χ3v) is 3.88. The molecule has 1 aliphatic rings. The highest BCUT2D eigenvalue weighted by Crippen LogP contribution is 2.26. The van der Waals surface area contributed by atoms with Gasteiger partial charge in [-0.1, -0.05) is 6.07 Å². The lowest BCUT2D eigenvalue weighted by molar-refractivity contribution is 0.325. The van der Waals surface area contributed by atoms with E-state index in [9.17, 15) is 4.79 Å². The summed E-state index contributed by atoms with van der Waals surface area (Å²) in [4.78, 5) is 24.8. The van der Waals surface area contributed by atoms with Crippen LogP contribution in [0.2, 0.25) is 0 Å². The first kappa shape index (κ1) is 14.5. The molecule has 1 unspecified atom stereocenters. The molecular formula is C15H19N5O2. The number of nitrogen functional groups attached to an aromatic ring is 1. The van der Waals surface area contributed by atoms with Crippen molar-refractivity contribution in [2.45, 2.75) is 18.9 Å². The van der Waals surface area contributed by atoms with Gasteiger partial charge in [0.15, 0.2) is 0 Å². The lowest BCUT2D eigenvalue weighted by Crippen LogP contribution is -2.21. The lowest BCUT2D eigenvalue weighted by atomic mass is 10.1. The van der Waals surface area contributed by atoms with Gasteiger partial charge in [0.2, 0.25) is 11.8 Å². The molecule has 116 valence electrons. The van der Waals surface area contributed by atoms with Crippen LogP contribution in [0.3, 0.4) is 0 Å². The maximum absolute atomic E-state index is 11.5. The zero-order chi connectivity index (χ0) is 15.5. The number of hydrogen-bond acceptors (Lipinski definition) is 6. The van der Waals surface area contributed by atoms with E-state index >= 15 is 0 Å². The summed E-state index contributed by atoms with van der Waals surface area (Å²) in [5.74, 6) is 1.04. The molecule has 3 heterocycles. The molecule has 0 amide bonds. The normalized spacial score (nSPS) is 18.5. The highest BCUT2D eigenvalue weighted by molar-refractivity contribution is 5.21. The second-order valence-electron chi connectivity index (χ2n) is 5.49. The van der Waals surface area contributed by atoms with Gasteiger partial charge >= 0.3 is 0 Å². The minimum absolute atomic E-state index is 0.181. The van der Waals surface area contributed by atoms with Crippen LogP contribution in [0.1, 0.15) is 23.6 Å². The monoisotopic (exact) mass is 301 g/mol. The third kappa shape index (κ3) is 3.25. The standard InChI is InChI=1S/C15H19N5O2/c1-22-14-3-2-10(7-17-14)8-20-5-4-11(9-20)12-6-13(21)19-15(16)18-12/h2-3,6-7,11H,4-5,8-9H2,1H3,(H3,16,18,19,21). The molecule has 1 aliphatic heterocycles. The molecule has 1 atom stereocenters. The number of H-pyrrole nitrogens is 1. The smallest absolute Gasteiger partial charge is 0.252 e. The van der Waals surface area contributed by atoms with Crippen LogP contribution in [0.15, 0.2) is 29.2 Å². The summed E-state index contributed by atoms with van der Waals surface area (Å²) in [5.41, 5.74) is 7.33. The van der Waals surface area contributed by atoms with Crippen LogP contribution in [-0.2, 0) is 6.54 Å². The predicted molar refractivity (Wildman–Crippen MR) is 82.7 cm³/mol. The highest BCUT2D eigenvalue weighted by Gasteiger charge is 2.25. The van der Waals surface area contributed by atoms with Crippen molar-refractivity contribution in [1.82, 2.24) is 19.9 Å². The van der Waals surface area contributed by atoms with Crippen molar-refractivity contribution in [1.29, 1.82) is 0 Å². The summed E-state index contributed by atoms with van der Waals surface area (Å²) >= 11 is 0. The Hall–Kier alpha value is -2.41. The van der Waals surface area contributed by atoms with Gasteiger partial charge in [0.1, 0.15) is 0 Å². The fourth-order valence-corrected chi connectivity index (χ4v) is 2.81. The van der Waals surface area contributed by atoms with Gasteiger partial charge in [0.25, 0.3) is 5.56 Å². The first-order valence-electron chi connectivity index (χ1n) is 7.22. The minimum Gasteiger partial charge on any atom is -0.481 e. The van der Waals surface area contributed by atoms with Gasteiger partial charge in [-0.3, -0.25) is 14.7 Å². The van der Waals surface area contributed by atoms with Gasteiger partial charge in [0, 0.05) is 37.3 Å². The number of anilines is 1. The fraction of sp³-hybridized carbons (Fsp3) is 0.400. The molecule has 1 saturated heterocycles. The molecular weight excluding hydrogens is 282 g/mol. The van der Waals surface area contributed by atoms with Gasteiger partial charge in [-0.05, 0) is 18.5 Å². The van der Waals surface area contributed by atoms with E-state index in [1.807, 2.05) is 18.3 Å². The quantitative estimate of drug-likeness (QED) is 0.864. The van der Waals surface area contributed by atoms with Crippen LogP contribution in [0.4, 0.5) is 5.95 Å². The Kier molecular flexibility index (Phi) is 4.06. The van der Waals surface area contributed by atoms with E-state index in [0.717, 1.165) is 37.3 Å². The number of ether oxygens (including phenoxy) is 1. The Morgan fingerprint density at radius 1 is 1.50 bits per heavy atom. The summed E-state index contributed by atoms with van der Waals surface area (Å²) in [6.45, 7) is 2.65. The predicted octanol–water partition coefficient (Wildman–Crippen LogP) is 0.745. The van der Waals surface area contributed by atoms with Gasteiger partial charge in [-0.15, -0.1) is 0 Å². The molecule has 0 spiro atoms. The fourth-order valence-electron chi connectivity index (χ4n) is 2.81. The topological polar surface area (TPSA) is 97.1 Å². The first-order valence-corrected chi connectivity index (χ1v) is 7.22. The molecule has 1 fully saturated rings. The van der Waals surface area contributed by atoms with E-state index in [1.54, 1.807) is 13.2 Å². The SMILES string of the molecule is COc1ccc(CN2CCC(c3cc(=O)[nH]c(N)n3)C2)cn1. The Balaban J connectivity index is 1.65. The van der Waals surface area contributed by atoms with Crippen LogP contribution in [0.25, 0.3) is 0 Å². The Labute approximate surface area is 128 Å². The van der Waals surface area contributed by atoms with Crippen molar-refractivity contribution < 1.29 is 4.74 Å². The summed E-state index contributed by atoms with van der Waals surface area (Å²) < 4.78 is 5.06. The number of hydrogen-bond donors (Lipinski definition) is 2. The van der Waals surface area contributed by atoms with Gasteiger partial charge < -0.3 is 10.5 Å². The number of pyridine rings is 1. The zero-order valence-corrected chi connectivity index (χ0v) is 12.5. The minimum atomic E-state index is -0.194. The number of nitrogens with one attached hydrogen (secondary N) is 1.